The highest BCUT2D eigenvalue weighted by molar-refractivity contribution is 7.15. The lowest BCUT2D eigenvalue weighted by atomic mass is 10.1. The zero-order valence-electron chi connectivity index (χ0n) is 16.9. The van der Waals surface area contributed by atoms with Crippen molar-refractivity contribution in [2.45, 2.75) is 12.8 Å². The second kappa shape index (κ2) is 8.54. The molecule has 0 spiro atoms. The Labute approximate surface area is 177 Å². The van der Waals surface area contributed by atoms with Crippen LogP contribution in [0.2, 0.25) is 0 Å². The van der Waals surface area contributed by atoms with Gasteiger partial charge in [0.2, 0.25) is 4.96 Å². The van der Waals surface area contributed by atoms with Gasteiger partial charge >= 0.3 is 0 Å². The van der Waals surface area contributed by atoms with Crippen molar-refractivity contribution in [3.63, 3.8) is 0 Å². The molecule has 0 saturated heterocycles. The maximum absolute atomic E-state index is 12.7. The Morgan fingerprint density at radius 3 is 2.47 bits per heavy atom. The van der Waals surface area contributed by atoms with Crippen molar-refractivity contribution in [2.24, 2.45) is 0 Å². The van der Waals surface area contributed by atoms with Crippen LogP contribution in [-0.4, -0.2) is 35.9 Å². The monoisotopic (exact) mass is 423 g/mol. The van der Waals surface area contributed by atoms with Crippen molar-refractivity contribution in [1.82, 2.24) is 14.6 Å². The van der Waals surface area contributed by atoms with Gasteiger partial charge in [0.1, 0.15) is 5.75 Å². The molecule has 2 heterocycles. The summed E-state index contributed by atoms with van der Waals surface area (Å²) in [5.41, 5.74) is 1.75. The molecule has 0 N–H and O–H groups in total. The second-order valence-electron chi connectivity index (χ2n) is 6.57. The summed E-state index contributed by atoms with van der Waals surface area (Å²) < 4.78 is 17.9. The van der Waals surface area contributed by atoms with Crippen LogP contribution in [0.25, 0.3) is 11.0 Å². The molecule has 154 valence electrons. The Kier molecular flexibility index (Phi) is 5.67. The van der Waals surface area contributed by atoms with E-state index in [2.05, 4.69) is 10.1 Å². The third-order valence-electron chi connectivity index (χ3n) is 4.74. The summed E-state index contributed by atoms with van der Waals surface area (Å²) in [6.07, 6.45) is 3.16. The fourth-order valence-electron chi connectivity index (χ4n) is 3.20. The third kappa shape index (κ3) is 3.86. The lowest BCUT2D eigenvalue weighted by molar-refractivity contribution is 0.354. The molecule has 2 aromatic carbocycles. The van der Waals surface area contributed by atoms with E-state index >= 15 is 0 Å². The molecule has 7 nitrogen and oxygen atoms in total. The Bertz CT molecular complexity index is 1300. The summed E-state index contributed by atoms with van der Waals surface area (Å²) >= 11 is 1.32. The molecule has 30 heavy (non-hydrogen) atoms. The van der Waals surface area contributed by atoms with Gasteiger partial charge in [-0.3, -0.25) is 4.79 Å². The first-order valence-corrected chi connectivity index (χ1v) is 10.2. The van der Waals surface area contributed by atoms with E-state index in [4.69, 9.17) is 14.2 Å². The quantitative estimate of drug-likeness (QED) is 0.455. The highest BCUT2D eigenvalue weighted by atomic mass is 32.1. The minimum Gasteiger partial charge on any atom is -0.496 e. The fourth-order valence-corrected chi connectivity index (χ4v) is 4.12. The third-order valence-corrected chi connectivity index (χ3v) is 5.70. The molecule has 4 rings (SSSR count). The molecule has 0 fully saturated rings. The van der Waals surface area contributed by atoms with Crippen LogP contribution in [0.3, 0.4) is 0 Å². The van der Waals surface area contributed by atoms with Crippen molar-refractivity contribution < 1.29 is 14.2 Å². The molecular weight excluding hydrogens is 402 g/mol. The number of fused-ring (bicyclic) bond motifs is 1. The maximum Gasteiger partial charge on any atom is 0.291 e. The topological polar surface area (TPSA) is 74.9 Å². The molecule has 0 aliphatic rings. The Hall–Kier alpha value is -3.39. The molecule has 0 aliphatic heterocycles. The molecular formula is C22H21N3O4S. The van der Waals surface area contributed by atoms with Crippen molar-refractivity contribution in [2.75, 3.05) is 21.3 Å². The van der Waals surface area contributed by atoms with E-state index in [0.717, 1.165) is 17.5 Å². The minimum absolute atomic E-state index is 0.175. The van der Waals surface area contributed by atoms with E-state index in [9.17, 15) is 4.79 Å². The molecule has 0 saturated carbocycles. The lowest BCUT2D eigenvalue weighted by Crippen LogP contribution is -2.23. The summed E-state index contributed by atoms with van der Waals surface area (Å²) in [6.45, 7) is 0. The van der Waals surface area contributed by atoms with Crippen LogP contribution >= 0.6 is 11.3 Å². The molecule has 8 heteroatoms. The van der Waals surface area contributed by atoms with E-state index < -0.39 is 0 Å². The van der Waals surface area contributed by atoms with Crippen LogP contribution in [0.15, 0.2) is 47.3 Å². The van der Waals surface area contributed by atoms with Crippen LogP contribution in [0.1, 0.15) is 17.0 Å². The zero-order valence-corrected chi connectivity index (χ0v) is 17.7. The SMILES string of the molecule is COc1ccccc1/C=c1\sc2nc(CCc3ccc(OC)c(OC)c3)nn2c1=O. The fraction of sp³-hybridized carbons (Fsp3) is 0.227. The molecule has 0 bridgehead atoms. The smallest absolute Gasteiger partial charge is 0.291 e. The molecule has 0 unspecified atom stereocenters. The molecule has 4 aromatic rings. The lowest BCUT2D eigenvalue weighted by Gasteiger charge is -2.08. The van der Waals surface area contributed by atoms with Gasteiger partial charge in [-0.15, -0.1) is 5.10 Å². The van der Waals surface area contributed by atoms with Gasteiger partial charge in [-0.25, -0.2) is 4.98 Å². The van der Waals surface area contributed by atoms with E-state index in [1.165, 1.54) is 15.9 Å². The van der Waals surface area contributed by atoms with Crippen LogP contribution in [0, 0.1) is 0 Å². The average Bonchev–Trinajstić information content (AvgIpc) is 3.31. The van der Waals surface area contributed by atoms with Crippen molar-refractivity contribution in [3.8, 4) is 17.2 Å². The number of aromatic nitrogens is 3. The number of ether oxygens (including phenoxy) is 3. The summed E-state index contributed by atoms with van der Waals surface area (Å²) in [5, 5.41) is 4.40. The first-order valence-electron chi connectivity index (χ1n) is 9.37. The molecule has 0 atom stereocenters. The number of rotatable bonds is 7. The van der Waals surface area contributed by atoms with Gasteiger partial charge in [0, 0.05) is 12.0 Å². The van der Waals surface area contributed by atoms with Crippen molar-refractivity contribution >= 4 is 22.4 Å². The van der Waals surface area contributed by atoms with E-state index in [1.807, 2.05) is 48.5 Å². The van der Waals surface area contributed by atoms with E-state index in [-0.39, 0.29) is 5.56 Å². The Balaban J connectivity index is 1.57. The number of methoxy groups -OCH3 is 3. The number of para-hydroxylation sites is 1. The standard InChI is InChI=1S/C22H21N3O4S/c1-27-16-7-5-4-6-15(16)13-19-21(26)25-22(30-19)23-20(24-25)11-9-14-8-10-17(28-2)18(12-14)29-3/h4-8,10,12-13H,9,11H2,1-3H3/b19-13-. The highest BCUT2D eigenvalue weighted by Crippen LogP contribution is 2.28. The maximum atomic E-state index is 12.7. The van der Waals surface area contributed by atoms with Crippen LogP contribution in [0.4, 0.5) is 0 Å². The van der Waals surface area contributed by atoms with Gasteiger partial charge in [-0.05, 0) is 36.3 Å². The summed E-state index contributed by atoms with van der Waals surface area (Å²) in [5.74, 6) is 2.73. The van der Waals surface area contributed by atoms with Crippen LogP contribution in [0.5, 0.6) is 17.2 Å². The van der Waals surface area contributed by atoms with E-state index in [1.54, 1.807) is 21.3 Å². The van der Waals surface area contributed by atoms with Gasteiger partial charge in [0.25, 0.3) is 5.56 Å². The highest BCUT2D eigenvalue weighted by Gasteiger charge is 2.12. The number of hydrogen-bond donors (Lipinski definition) is 0. The molecule has 0 amide bonds. The Morgan fingerprint density at radius 1 is 0.967 bits per heavy atom. The summed E-state index contributed by atoms with van der Waals surface area (Å²) in [4.78, 5) is 17.9. The predicted molar refractivity (Wildman–Crippen MR) is 116 cm³/mol. The summed E-state index contributed by atoms with van der Waals surface area (Å²) in [7, 11) is 4.83. The number of hydrogen-bond acceptors (Lipinski definition) is 7. The van der Waals surface area contributed by atoms with E-state index in [0.29, 0.717) is 39.0 Å². The largest absolute Gasteiger partial charge is 0.496 e. The summed E-state index contributed by atoms with van der Waals surface area (Å²) in [6, 6.07) is 13.4. The number of benzene rings is 2. The normalized spacial score (nSPS) is 11.8. The molecule has 0 radical (unpaired) electrons. The second-order valence-corrected chi connectivity index (χ2v) is 7.58. The first-order chi connectivity index (χ1) is 14.6. The van der Waals surface area contributed by atoms with Gasteiger partial charge in [-0.2, -0.15) is 4.52 Å². The minimum atomic E-state index is -0.175. The average molecular weight is 423 g/mol. The van der Waals surface area contributed by atoms with Crippen LogP contribution < -0.4 is 24.3 Å². The van der Waals surface area contributed by atoms with Gasteiger partial charge in [-0.1, -0.05) is 35.6 Å². The van der Waals surface area contributed by atoms with Crippen molar-refractivity contribution in [1.29, 1.82) is 0 Å². The number of thiazole rings is 1. The molecule has 0 aliphatic carbocycles. The van der Waals surface area contributed by atoms with Crippen LogP contribution in [-0.2, 0) is 12.8 Å². The van der Waals surface area contributed by atoms with Crippen molar-refractivity contribution in [3.05, 3.63) is 74.3 Å². The zero-order chi connectivity index (χ0) is 21.1. The number of nitrogens with zero attached hydrogens (tertiary/aromatic N) is 3. The van der Waals surface area contributed by atoms with Gasteiger partial charge in [0.15, 0.2) is 17.3 Å². The predicted octanol–water partition coefficient (Wildman–Crippen LogP) is 2.51. The molecule has 2 aromatic heterocycles. The first kappa shape index (κ1) is 19.9. The van der Waals surface area contributed by atoms with Gasteiger partial charge < -0.3 is 14.2 Å². The van der Waals surface area contributed by atoms with Gasteiger partial charge in [0.05, 0.1) is 25.9 Å². The Morgan fingerprint density at radius 2 is 1.73 bits per heavy atom. The number of aryl methyl sites for hydroxylation is 2.